The van der Waals surface area contributed by atoms with Gasteiger partial charge in [-0.25, -0.2) is 8.42 Å². The minimum atomic E-state index is -3.72. The lowest BCUT2D eigenvalue weighted by Gasteiger charge is -2.29. The Kier molecular flexibility index (Phi) is 6.17. The normalized spacial score (nSPS) is 14.0. The largest absolute Gasteiger partial charge is 0.497 e. The molecule has 1 atom stereocenters. The first kappa shape index (κ1) is 20.8. The van der Waals surface area contributed by atoms with Crippen molar-refractivity contribution in [2.24, 2.45) is 0 Å². The minimum absolute atomic E-state index is 0.270. The molecule has 156 valence electrons. The lowest BCUT2D eigenvalue weighted by atomic mass is 10.2. The molecular weight excluding hydrogens is 396 g/mol. The van der Waals surface area contributed by atoms with Gasteiger partial charge in [0.15, 0.2) is 11.5 Å². The summed E-state index contributed by atoms with van der Waals surface area (Å²) in [5.74, 6) is 1.30. The predicted octanol–water partition coefficient (Wildman–Crippen LogP) is 1.94. The first-order valence-corrected chi connectivity index (χ1v) is 10.9. The number of carbonyl (C=O) groups excluding carboxylic acids is 1. The Morgan fingerprint density at radius 2 is 1.79 bits per heavy atom. The summed E-state index contributed by atoms with van der Waals surface area (Å²) < 4.78 is 42.1. The van der Waals surface area contributed by atoms with Gasteiger partial charge in [-0.15, -0.1) is 0 Å². The van der Waals surface area contributed by atoms with Crippen LogP contribution in [0.25, 0.3) is 0 Å². The molecule has 9 heteroatoms. The predicted molar refractivity (Wildman–Crippen MR) is 109 cm³/mol. The standard InChI is InChI=1S/C20H24N2O6S/c1-14(20(23)21-13-15-4-7-17(26-2)8-5-15)22(29(3,24)25)16-6-9-18-19(12-16)28-11-10-27-18/h4-9,12,14H,10-11,13H2,1-3H3,(H,21,23)/t14-/m1/s1. The van der Waals surface area contributed by atoms with Gasteiger partial charge in [-0.1, -0.05) is 12.1 Å². The molecule has 2 aromatic rings. The van der Waals surface area contributed by atoms with Crippen LogP contribution in [0.5, 0.6) is 17.2 Å². The summed E-state index contributed by atoms with van der Waals surface area (Å²) in [5, 5.41) is 2.78. The summed E-state index contributed by atoms with van der Waals surface area (Å²) in [6, 6.07) is 11.1. The Bertz CT molecular complexity index is 975. The Morgan fingerprint density at radius 1 is 1.14 bits per heavy atom. The van der Waals surface area contributed by atoms with Crippen LogP contribution >= 0.6 is 0 Å². The molecule has 0 unspecified atom stereocenters. The highest BCUT2D eigenvalue weighted by molar-refractivity contribution is 7.92. The zero-order valence-corrected chi connectivity index (χ0v) is 17.4. The molecule has 0 saturated heterocycles. The van der Waals surface area contributed by atoms with Crippen LogP contribution < -0.4 is 23.8 Å². The highest BCUT2D eigenvalue weighted by Gasteiger charge is 2.30. The van der Waals surface area contributed by atoms with E-state index in [4.69, 9.17) is 14.2 Å². The van der Waals surface area contributed by atoms with Crippen molar-refractivity contribution < 1.29 is 27.4 Å². The van der Waals surface area contributed by atoms with Crippen molar-refractivity contribution in [3.8, 4) is 17.2 Å². The van der Waals surface area contributed by atoms with E-state index in [1.54, 1.807) is 44.4 Å². The maximum Gasteiger partial charge on any atom is 0.243 e. The van der Waals surface area contributed by atoms with Crippen molar-refractivity contribution in [3.63, 3.8) is 0 Å². The van der Waals surface area contributed by atoms with Crippen molar-refractivity contribution in [3.05, 3.63) is 48.0 Å². The van der Waals surface area contributed by atoms with Crippen molar-refractivity contribution in [1.29, 1.82) is 0 Å². The number of amides is 1. The van der Waals surface area contributed by atoms with Gasteiger partial charge < -0.3 is 19.5 Å². The Morgan fingerprint density at radius 3 is 2.41 bits per heavy atom. The topological polar surface area (TPSA) is 94.2 Å². The highest BCUT2D eigenvalue weighted by atomic mass is 32.2. The van der Waals surface area contributed by atoms with Gasteiger partial charge in [-0.2, -0.15) is 0 Å². The maximum atomic E-state index is 12.7. The van der Waals surface area contributed by atoms with Crippen LogP contribution in [0.15, 0.2) is 42.5 Å². The smallest absolute Gasteiger partial charge is 0.243 e. The second-order valence-corrected chi connectivity index (χ2v) is 8.49. The molecule has 29 heavy (non-hydrogen) atoms. The number of benzene rings is 2. The lowest BCUT2D eigenvalue weighted by Crippen LogP contribution is -2.47. The van der Waals surface area contributed by atoms with Crippen LogP contribution in [0.2, 0.25) is 0 Å². The second-order valence-electron chi connectivity index (χ2n) is 6.63. The molecule has 8 nitrogen and oxygen atoms in total. The van der Waals surface area contributed by atoms with E-state index in [0.717, 1.165) is 21.9 Å². The molecule has 1 aliphatic heterocycles. The van der Waals surface area contributed by atoms with Gasteiger partial charge in [0.05, 0.1) is 19.1 Å². The van der Waals surface area contributed by atoms with E-state index in [-0.39, 0.29) is 6.54 Å². The molecule has 1 amide bonds. The zero-order valence-electron chi connectivity index (χ0n) is 16.5. The average molecular weight is 420 g/mol. The van der Waals surface area contributed by atoms with Gasteiger partial charge in [-0.3, -0.25) is 9.10 Å². The van der Waals surface area contributed by atoms with E-state index in [0.29, 0.717) is 30.4 Å². The molecule has 1 aliphatic rings. The second kappa shape index (κ2) is 8.60. The third kappa shape index (κ3) is 4.92. The van der Waals surface area contributed by atoms with E-state index in [1.807, 2.05) is 12.1 Å². The Hall–Kier alpha value is -2.94. The third-order valence-electron chi connectivity index (χ3n) is 4.49. The fourth-order valence-electron chi connectivity index (χ4n) is 3.06. The quantitative estimate of drug-likeness (QED) is 0.736. The van der Waals surface area contributed by atoms with Gasteiger partial charge in [0.25, 0.3) is 0 Å². The Balaban J connectivity index is 1.76. The number of rotatable bonds is 7. The minimum Gasteiger partial charge on any atom is -0.497 e. The molecule has 0 bridgehead atoms. The van der Waals surface area contributed by atoms with E-state index in [2.05, 4.69) is 5.32 Å². The molecule has 1 heterocycles. The molecule has 0 radical (unpaired) electrons. The number of hydrogen-bond donors (Lipinski definition) is 1. The summed E-state index contributed by atoms with van der Waals surface area (Å²) in [5.41, 5.74) is 1.21. The number of sulfonamides is 1. The maximum absolute atomic E-state index is 12.7. The summed E-state index contributed by atoms with van der Waals surface area (Å²) in [6.45, 7) is 2.63. The van der Waals surface area contributed by atoms with Gasteiger partial charge >= 0.3 is 0 Å². The van der Waals surface area contributed by atoms with Gasteiger partial charge in [0.1, 0.15) is 25.0 Å². The van der Waals surface area contributed by atoms with E-state index < -0.39 is 22.0 Å². The molecule has 0 aromatic heterocycles. The fourth-order valence-corrected chi connectivity index (χ4v) is 4.22. The average Bonchev–Trinajstić information content (AvgIpc) is 2.71. The monoisotopic (exact) mass is 420 g/mol. The van der Waals surface area contributed by atoms with Crippen LogP contribution in [0.3, 0.4) is 0 Å². The van der Waals surface area contributed by atoms with E-state index in [1.165, 1.54) is 0 Å². The number of nitrogens with one attached hydrogen (secondary N) is 1. The molecule has 2 aromatic carbocycles. The summed E-state index contributed by atoms with van der Waals surface area (Å²) in [6.07, 6.45) is 1.07. The number of carbonyl (C=O) groups is 1. The Labute approximate surface area is 170 Å². The van der Waals surface area contributed by atoms with Crippen LogP contribution in [0.4, 0.5) is 5.69 Å². The number of methoxy groups -OCH3 is 1. The molecule has 0 saturated carbocycles. The number of hydrogen-bond acceptors (Lipinski definition) is 6. The summed E-state index contributed by atoms with van der Waals surface area (Å²) in [4.78, 5) is 12.7. The molecular formula is C20H24N2O6S. The van der Waals surface area contributed by atoms with Crippen LogP contribution in [-0.2, 0) is 21.4 Å². The summed E-state index contributed by atoms with van der Waals surface area (Å²) >= 11 is 0. The third-order valence-corrected chi connectivity index (χ3v) is 5.74. The molecule has 0 aliphatic carbocycles. The van der Waals surface area contributed by atoms with Crippen LogP contribution in [-0.4, -0.2) is 46.9 Å². The number of nitrogens with zero attached hydrogens (tertiary/aromatic N) is 1. The lowest BCUT2D eigenvalue weighted by molar-refractivity contribution is -0.122. The van der Waals surface area contributed by atoms with Gasteiger partial charge in [0, 0.05) is 12.6 Å². The van der Waals surface area contributed by atoms with Crippen molar-refractivity contribution >= 4 is 21.6 Å². The van der Waals surface area contributed by atoms with E-state index in [9.17, 15) is 13.2 Å². The van der Waals surface area contributed by atoms with Crippen LogP contribution in [0, 0.1) is 0 Å². The van der Waals surface area contributed by atoms with Crippen molar-refractivity contribution in [2.75, 3.05) is 30.9 Å². The first-order valence-electron chi connectivity index (χ1n) is 9.09. The molecule has 3 rings (SSSR count). The fraction of sp³-hybridized carbons (Fsp3) is 0.350. The van der Waals surface area contributed by atoms with Crippen molar-refractivity contribution in [1.82, 2.24) is 5.32 Å². The molecule has 0 fully saturated rings. The molecule has 1 N–H and O–H groups in total. The van der Waals surface area contributed by atoms with Crippen molar-refractivity contribution in [2.45, 2.75) is 19.5 Å². The SMILES string of the molecule is COc1ccc(CNC(=O)[C@@H](C)N(c2ccc3c(c2)OCCO3)S(C)(=O)=O)cc1. The first-order chi connectivity index (χ1) is 13.8. The number of anilines is 1. The summed E-state index contributed by atoms with van der Waals surface area (Å²) in [7, 11) is -2.14. The van der Waals surface area contributed by atoms with E-state index >= 15 is 0 Å². The molecule has 0 spiro atoms. The zero-order chi connectivity index (χ0) is 21.0. The van der Waals surface area contributed by atoms with Crippen LogP contribution in [0.1, 0.15) is 12.5 Å². The van der Waals surface area contributed by atoms with Gasteiger partial charge in [-0.05, 0) is 36.8 Å². The number of fused-ring (bicyclic) bond motifs is 1. The number of ether oxygens (including phenoxy) is 3. The highest BCUT2D eigenvalue weighted by Crippen LogP contribution is 2.35. The van der Waals surface area contributed by atoms with Gasteiger partial charge in [0.2, 0.25) is 15.9 Å².